The first-order valence-corrected chi connectivity index (χ1v) is 8.04. The molecule has 2 radical (unpaired) electrons. The van der Waals surface area contributed by atoms with Crippen LogP contribution in [0.15, 0.2) is 10.5 Å². The summed E-state index contributed by atoms with van der Waals surface area (Å²) in [4.78, 5) is 1.68. The highest BCUT2D eigenvalue weighted by Gasteiger charge is 2.38. The van der Waals surface area contributed by atoms with Crippen LogP contribution in [0.25, 0.3) is 0 Å². The lowest BCUT2D eigenvalue weighted by atomic mass is 9.79. The molecule has 0 amide bonds. The lowest BCUT2D eigenvalue weighted by Crippen LogP contribution is -2.16. The van der Waals surface area contributed by atoms with Crippen molar-refractivity contribution in [2.45, 2.75) is 64.4 Å². The van der Waals surface area contributed by atoms with Crippen LogP contribution >= 0.6 is 11.8 Å². The molecule has 0 saturated heterocycles. The maximum atomic E-state index is 6.20. The largest absolute Gasteiger partial charge is 0.126 e. The second-order valence-corrected chi connectivity index (χ2v) is 7.60. The van der Waals surface area contributed by atoms with Crippen molar-refractivity contribution in [3.63, 3.8) is 0 Å². The Labute approximate surface area is 112 Å². The van der Waals surface area contributed by atoms with Gasteiger partial charge in [0, 0.05) is 5.25 Å². The first-order valence-electron chi connectivity index (χ1n) is 7.16. The van der Waals surface area contributed by atoms with Crippen molar-refractivity contribution < 1.29 is 0 Å². The van der Waals surface area contributed by atoms with Gasteiger partial charge in [0.05, 0.1) is 7.85 Å². The Morgan fingerprint density at radius 2 is 1.82 bits per heavy atom. The predicted molar refractivity (Wildman–Crippen MR) is 79.5 cm³/mol. The van der Waals surface area contributed by atoms with E-state index in [2.05, 4.69) is 39.5 Å². The zero-order valence-corrected chi connectivity index (χ0v) is 12.5. The molecule has 0 spiro atoms. The van der Waals surface area contributed by atoms with Crippen molar-refractivity contribution in [3.8, 4) is 0 Å². The first kappa shape index (κ1) is 13.6. The molecule has 1 fully saturated rings. The lowest BCUT2D eigenvalue weighted by molar-refractivity contribution is 0.497. The fourth-order valence-corrected chi connectivity index (χ4v) is 5.36. The maximum Gasteiger partial charge on any atom is 0.0700 e. The SMILES string of the molecule is [B]C1CCCC2C(C(C)C)=C(C(C)C)SC2C1. The van der Waals surface area contributed by atoms with E-state index in [-0.39, 0.29) is 0 Å². The lowest BCUT2D eigenvalue weighted by Gasteiger charge is -2.22. The average Bonchev–Trinajstić information content (AvgIpc) is 2.48. The van der Waals surface area contributed by atoms with Gasteiger partial charge in [-0.05, 0) is 35.5 Å². The second-order valence-electron chi connectivity index (χ2n) is 6.32. The van der Waals surface area contributed by atoms with Crippen molar-refractivity contribution >= 4 is 19.6 Å². The smallest absolute Gasteiger partial charge is 0.0700 e. The van der Waals surface area contributed by atoms with Crippen molar-refractivity contribution in [2.75, 3.05) is 0 Å². The van der Waals surface area contributed by atoms with E-state index in [4.69, 9.17) is 7.85 Å². The molecule has 0 aromatic rings. The monoisotopic (exact) mass is 248 g/mol. The van der Waals surface area contributed by atoms with Gasteiger partial charge in [-0.3, -0.25) is 0 Å². The van der Waals surface area contributed by atoms with Gasteiger partial charge in [0.25, 0.3) is 0 Å². The molecular formula is C15H25BS. The van der Waals surface area contributed by atoms with Crippen LogP contribution in [0.4, 0.5) is 0 Å². The van der Waals surface area contributed by atoms with Crippen LogP contribution < -0.4 is 0 Å². The Morgan fingerprint density at radius 3 is 2.41 bits per heavy atom. The minimum absolute atomic E-state index is 0.442. The summed E-state index contributed by atoms with van der Waals surface area (Å²) in [6.45, 7) is 9.42. The molecule has 2 aliphatic rings. The first-order chi connectivity index (χ1) is 8.00. The number of hydrogen-bond donors (Lipinski definition) is 0. The third-order valence-corrected chi connectivity index (χ3v) is 5.97. The minimum atomic E-state index is 0.442. The van der Waals surface area contributed by atoms with Gasteiger partial charge >= 0.3 is 0 Å². The van der Waals surface area contributed by atoms with Crippen molar-refractivity contribution in [1.29, 1.82) is 0 Å². The normalized spacial score (nSPS) is 34.4. The summed E-state index contributed by atoms with van der Waals surface area (Å²) in [6, 6.07) is 0. The second kappa shape index (κ2) is 5.42. The number of allylic oxidation sites excluding steroid dienone is 2. The highest BCUT2D eigenvalue weighted by atomic mass is 32.2. The highest BCUT2D eigenvalue weighted by molar-refractivity contribution is 8.04. The molecule has 17 heavy (non-hydrogen) atoms. The fourth-order valence-electron chi connectivity index (χ4n) is 3.45. The summed E-state index contributed by atoms with van der Waals surface area (Å²) in [5.74, 6) is 2.67. The van der Waals surface area contributed by atoms with Crippen LogP contribution in [-0.2, 0) is 0 Å². The third-order valence-electron chi connectivity index (χ3n) is 4.18. The highest BCUT2D eigenvalue weighted by Crippen LogP contribution is 2.53. The molecule has 94 valence electrons. The molecule has 0 bridgehead atoms. The quantitative estimate of drug-likeness (QED) is 0.631. The topological polar surface area (TPSA) is 0 Å². The maximum absolute atomic E-state index is 6.20. The van der Waals surface area contributed by atoms with Gasteiger partial charge in [-0.2, -0.15) is 0 Å². The molecule has 0 N–H and O–H groups in total. The van der Waals surface area contributed by atoms with Crippen LogP contribution in [0, 0.1) is 17.8 Å². The van der Waals surface area contributed by atoms with Crippen LogP contribution in [0.5, 0.6) is 0 Å². The molecule has 3 atom stereocenters. The summed E-state index contributed by atoms with van der Waals surface area (Å²) in [5, 5.41) is 0.780. The molecule has 0 aromatic heterocycles. The molecule has 1 saturated carbocycles. The van der Waals surface area contributed by atoms with Gasteiger partial charge in [0.15, 0.2) is 0 Å². The van der Waals surface area contributed by atoms with Gasteiger partial charge in [0.1, 0.15) is 0 Å². The fraction of sp³-hybridized carbons (Fsp3) is 0.867. The number of fused-ring (bicyclic) bond motifs is 1. The average molecular weight is 248 g/mol. The van der Waals surface area contributed by atoms with Crippen LogP contribution in [0.1, 0.15) is 53.4 Å². The number of hydrogen-bond acceptors (Lipinski definition) is 1. The van der Waals surface area contributed by atoms with E-state index in [1.165, 1.54) is 25.7 Å². The minimum Gasteiger partial charge on any atom is -0.126 e. The van der Waals surface area contributed by atoms with Crippen molar-refractivity contribution in [1.82, 2.24) is 0 Å². The Balaban J connectivity index is 2.25. The molecule has 2 heteroatoms. The van der Waals surface area contributed by atoms with E-state index in [0.29, 0.717) is 17.7 Å². The summed E-state index contributed by atoms with van der Waals surface area (Å²) < 4.78 is 0. The molecule has 3 unspecified atom stereocenters. The van der Waals surface area contributed by atoms with Crippen molar-refractivity contribution in [2.24, 2.45) is 17.8 Å². The Kier molecular flexibility index (Phi) is 4.33. The third kappa shape index (κ3) is 2.77. The molecular weight excluding hydrogens is 223 g/mol. The molecule has 1 heterocycles. The summed E-state index contributed by atoms with van der Waals surface area (Å²) in [6.07, 6.45) is 5.15. The van der Waals surface area contributed by atoms with Crippen LogP contribution in [-0.4, -0.2) is 13.1 Å². The molecule has 1 aliphatic heterocycles. The van der Waals surface area contributed by atoms with Crippen LogP contribution in [0.2, 0.25) is 5.82 Å². The van der Waals surface area contributed by atoms with Gasteiger partial charge in [-0.15, -0.1) is 11.8 Å². The summed E-state index contributed by atoms with van der Waals surface area (Å²) in [5.41, 5.74) is 1.77. The molecule has 2 rings (SSSR count). The molecule has 0 aromatic carbocycles. The molecule has 0 nitrogen and oxygen atoms in total. The predicted octanol–water partition coefficient (Wildman–Crippen LogP) is 4.82. The van der Waals surface area contributed by atoms with Crippen LogP contribution in [0.3, 0.4) is 0 Å². The number of rotatable bonds is 2. The van der Waals surface area contributed by atoms with E-state index in [9.17, 15) is 0 Å². The van der Waals surface area contributed by atoms with E-state index in [0.717, 1.165) is 11.2 Å². The Morgan fingerprint density at radius 1 is 1.12 bits per heavy atom. The number of thioether (sulfide) groups is 1. The van der Waals surface area contributed by atoms with Gasteiger partial charge in [-0.25, -0.2) is 0 Å². The van der Waals surface area contributed by atoms with Crippen molar-refractivity contribution in [3.05, 3.63) is 10.5 Å². The summed E-state index contributed by atoms with van der Waals surface area (Å²) >= 11 is 2.16. The van der Waals surface area contributed by atoms with E-state index in [1.54, 1.807) is 10.5 Å². The molecule has 1 aliphatic carbocycles. The Hall–Kier alpha value is 0.155. The van der Waals surface area contributed by atoms with Gasteiger partial charge in [-0.1, -0.05) is 51.9 Å². The van der Waals surface area contributed by atoms with Gasteiger partial charge in [0.2, 0.25) is 0 Å². The zero-order valence-electron chi connectivity index (χ0n) is 11.7. The van der Waals surface area contributed by atoms with E-state index >= 15 is 0 Å². The summed E-state index contributed by atoms with van der Waals surface area (Å²) in [7, 11) is 6.20. The Bertz CT molecular complexity index is 306. The van der Waals surface area contributed by atoms with E-state index in [1.807, 2.05) is 0 Å². The van der Waals surface area contributed by atoms with E-state index < -0.39 is 0 Å². The standard InChI is InChI=1S/C15H25BS/c1-9(2)14-12-7-5-6-11(16)8-13(12)17-15(14)10(3)4/h9-13H,5-8H2,1-4H3. The van der Waals surface area contributed by atoms with Gasteiger partial charge < -0.3 is 0 Å². The zero-order chi connectivity index (χ0) is 12.6.